The number of ketones is 1. The zero-order chi connectivity index (χ0) is 38.1. The van der Waals surface area contributed by atoms with Crippen molar-refractivity contribution in [1.29, 1.82) is 0 Å². The number of carbonyl (C=O) groups is 3. The summed E-state index contributed by atoms with van der Waals surface area (Å²) in [5, 5.41) is 0. The molecule has 0 saturated carbocycles. The molecule has 51 heavy (non-hydrogen) atoms. The minimum atomic E-state index is -4.64. The lowest BCUT2D eigenvalue weighted by atomic mass is 10.1. The summed E-state index contributed by atoms with van der Waals surface area (Å²) in [6.45, 7) is 4.01. The molecule has 0 aromatic heterocycles. The first kappa shape index (κ1) is 49.2. The average molecular weight is 744 g/mol. The van der Waals surface area contributed by atoms with Crippen LogP contribution in [0.25, 0.3) is 0 Å². The third kappa shape index (κ3) is 36.3. The minimum absolute atomic E-state index is 0.0488. The van der Waals surface area contributed by atoms with Crippen LogP contribution < -0.4 is 4.89 Å². The summed E-state index contributed by atoms with van der Waals surface area (Å²) in [7, 11) is 1.10. The number of unbranched alkanes of at least 4 members (excludes halogenated alkanes) is 17. The van der Waals surface area contributed by atoms with E-state index in [1.54, 1.807) is 6.08 Å². The van der Waals surface area contributed by atoms with Crippen LogP contribution in [0.5, 0.6) is 0 Å². The van der Waals surface area contributed by atoms with E-state index in [-0.39, 0.29) is 31.8 Å². The zero-order valence-electron chi connectivity index (χ0n) is 33.0. The Bertz CT molecular complexity index is 993. The second-order valence-corrected chi connectivity index (χ2v) is 16.1. The summed E-state index contributed by atoms with van der Waals surface area (Å²) >= 11 is 0. The van der Waals surface area contributed by atoms with Gasteiger partial charge in [0.05, 0.1) is 27.7 Å². The molecule has 298 valence electrons. The summed E-state index contributed by atoms with van der Waals surface area (Å²) in [6.07, 6.45) is 28.8. The number of hydrogen-bond acceptors (Lipinski definition) is 9. The highest BCUT2D eigenvalue weighted by atomic mass is 31.2. The second kappa shape index (κ2) is 32.8. The number of phosphoric acid groups is 1. The summed E-state index contributed by atoms with van der Waals surface area (Å²) in [5.41, 5.74) is 0. The molecule has 0 aliphatic carbocycles. The molecule has 0 radical (unpaired) electrons. The van der Waals surface area contributed by atoms with E-state index >= 15 is 0 Å². The van der Waals surface area contributed by atoms with Crippen LogP contribution in [0, 0.1) is 0 Å². The SMILES string of the molecule is CCCCC/C=C\C=C\C(=O)CCCCCCCC(=O)OC[C@H](COP(=O)([O-])OCC[N+](C)(C)C)OC(=O)CCCCCCCCCCCCC. The molecule has 0 N–H and O–H groups in total. The highest BCUT2D eigenvalue weighted by Gasteiger charge is 2.21. The van der Waals surface area contributed by atoms with Gasteiger partial charge in [0.25, 0.3) is 7.82 Å². The number of quaternary nitrogens is 1. The molecule has 0 aromatic rings. The maximum atomic E-state index is 12.6. The summed E-state index contributed by atoms with van der Waals surface area (Å²) in [4.78, 5) is 49.3. The van der Waals surface area contributed by atoms with Gasteiger partial charge in [0.1, 0.15) is 19.8 Å². The van der Waals surface area contributed by atoms with Crippen LogP contribution >= 0.6 is 7.82 Å². The first-order valence-corrected chi connectivity index (χ1v) is 21.5. The van der Waals surface area contributed by atoms with Gasteiger partial charge >= 0.3 is 11.9 Å². The third-order valence-corrected chi connectivity index (χ3v) is 9.41. The highest BCUT2D eigenvalue weighted by Crippen LogP contribution is 2.38. The number of phosphoric ester groups is 1. The molecule has 1 unspecified atom stereocenters. The standard InChI is InChI=1S/C40H74NO9P/c1-6-8-10-12-14-15-16-17-19-23-28-32-40(44)50-38(36-49-51(45,46)48-34-33-41(3,4)5)35-47-39(43)31-27-24-20-22-26-30-37(42)29-25-21-18-13-11-9-7-2/h18,21,25,29,38H,6-17,19-20,22-24,26-28,30-36H2,1-5H3/b21-18-,29-25+/t38-/m1/s1. The molecule has 0 heterocycles. The van der Waals surface area contributed by atoms with Crippen LogP contribution in [0.3, 0.4) is 0 Å². The lowest BCUT2D eigenvalue weighted by Gasteiger charge is -2.28. The molecule has 0 rings (SSSR count). The van der Waals surface area contributed by atoms with Gasteiger partial charge in [0.15, 0.2) is 11.9 Å². The van der Waals surface area contributed by atoms with E-state index in [9.17, 15) is 23.8 Å². The monoisotopic (exact) mass is 744 g/mol. The van der Waals surface area contributed by atoms with E-state index < -0.39 is 32.5 Å². The Balaban J connectivity index is 4.48. The van der Waals surface area contributed by atoms with Gasteiger partial charge < -0.3 is 27.9 Å². The topological polar surface area (TPSA) is 128 Å². The quantitative estimate of drug-likeness (QED) is 0.0154. The molecule has 11 heteroatoms. The van der Waals surface area contributed by atoms with Crippen molar-refractivity contribution >= 4 is 25.5 Å². The van der Waals surface area contributed by atoms with Crippen molar-refractivity contribution in [2.45, 2.75) is 168 Å². The molecule has 10 nitrogen and oxygen atoms in total. The second-order valence-electron chi connectivity index (χ2n) is 14.7. The number of esters is 2. The summed E-state index contributed by atoms with van der Waals surface area (Å²) in [6, 6.07) is 0. The fourth-order valence-electron chi connectivity index (χ4n) is 5.22. The predicted molar refractivity (Wildman–Crippen MR) is 204 cm³/mol. The van der Waals surface area contributed by atoms with E-state index in [1.165, 1.54) is 64.2 Å². The van der Waals surface area contributed by atoms with Crippen molar-refractivity contribution in [2.24, 2.45) is 0 Å². The van der Waals surface area contributed by atoms with Crippen LogP contribution in [0.1, 0.15) is 162 Å². The Kier molecular flexibility index (Phi) is 31.6. The molecule has 0 spiro atoms. The largest absolute Gasteiger partial charge is 0.756 e. The number of carbonyl (C=O) groups excluding carboxylic acids is 3. The van der Waals surface area contributed by atoms with Crippen LogP contribution in [0.4, 0.5) is 0 Å². The van der Waals surface area contributed by atoms with E-state index in [2.05, 4.69) is 19.9 Å². The number of nitrogens with zero attached hydrogens (tertiary/aromatic N) is 1. The summed E-state index contributed by atoms with van der Waals surface area (Å²) < 4.78 is 33.7. The molecule has 0 aliphatic rings. The number of rotatable bonds is 36. The molecular weight excluding hydrogens is 669 g/mol. The third-order valence-electron chi connectivity index (χ3n) is 8.45. The Hall–Kier alpha value is -1.84. The van der Waals surface area contributed by atoms with Gasteiger partial charge in [-0.2, -0.15) is 0 Å². The Morgan fingerprint density at radius 3 is 1.73 bits per heavy atom. The van der Waals surface area contributed by atoms with Gasteiger partial charge in [0.2, 0.25) is 0 Å². The zero-order valence-corrected chi connectivity index (χ0v) is 33.9. The van der Waals surface area contributed by atoms with E-state index in [0.717, 1.165) is 51.4 Å². The van der Waals surface area contributed by atoms with Crippen molar-refractivity contribution in [2.75, 3.05) is 47.5 Å². The molecule has 0 aromatic carbocycles. The molecule has 0 amide bonds. The van der Waals surface area contributed by atoms with Gasteiger partial charge in [-0.1, -0.05) is 128 Å². The smallest absolute Gasteiger partial charge is 0.306 e. The normalized spacial score (nSPS) is 13.8. The fraction of sp³-hybridized carbons (Fsp3) is 0.825. The maximum absolute atomic E-state index is 12.6. The number of allylic oxidation sites excluding steroid dienone is 4. The lowest BCUT2D eigenvalue weighted by Crippen LogP contribution is -2.37. The van der Waals surface area contributed by atoms with Gasteiger partial charge in [0, 0.05) is 19.3 Å². The van der Waals surface area contributed by atoms with E-state index in [4.69, 9.17) is 18.5 Å². The fourth-order valence-corrected chi connectivity index (χ4v) is 5.95. The van der Waals surface area contributed by atoms with Gasteiger partial charge in [-0.05, 0) is 38.2 Å². The number of likely N-dealkylation sites (N-methyl/N-ethyl adjacent to an activating group) is 1. The average Bonchev–Trinajstić information content (AvgIpc) is 3.06. The van der Waals surface area contributed by atoms with Crippen molar-refractivity contribution in [3.8, 4) is 0 Å². The maximum Gasteiger partial charge on any atom is 0.306 e. The van der Waals surface area contributed by atoms with Crippen molar-refractivity contribution < 1.29 is 46.8 Å². The molecule has 0 aliphatic heterocycles. The number of ether oxygens (including phenoxy) is 2. The Labute approximate surface area is 311 Å². The van der Waals surface area contributed by atoms with E-state index in [0.29, 0.717) is 30.3 Å². The molecule has 0 bridgehead atoms. The lowest BCUT2D eigenvalue weighted by molar-refractivity contribution is -0.870. The molecule has 0 saturated heterocycles. The van der Waals surface area contributed by atoms with Crippen molar-refractivity contribution in [3.63, 3.8) is 0 Å². The van der Waals surface area contributed by atoms with Gasteiger partial charge in [-0.3, -0.25) is 18.9 Å². The van der Waals surface area contributed by atoms with Crippen LogP contribution in [0.15, 0.2) is 24.3 Å². The molecule has 2 atom stereocenters. The van der Waals surface area contributed by atoms with E-state index in [1.807, 2.05) is 33.3 Å². The van der Waals surface area contributed by atoms with Crippen molar-refractivity contribution in [3.05, 3.63) is 24.3 Å². The van der Waals surface area contributed by atoms with Crippen LogP contribution in [-0.4, -0.2) is 75.8 Å². The highest BCUT2D eigenvalue weighted by molar-refractivity contribution is 7.45. The predicted octanol–water partition coefficient (Wildman–Crippen LogP) is 9.34. The van der Waals surface area contributed by atoms with Gasteiger partial charge in [-0.25, -0.2) is 0 Å². The Morgan fingerprint density at radius 1 is 0.647 bits per heavy atom. The Morgan fingerprint density at radius 2 is 1.16 bits per heavy atom. The number of hydrogen-bond donors (Lipinski definition) is 0. The first-order chi connectivity index (χ1) is 24.4. The molecule has 0 fully saturated rings. The van der Waals surface area contributed by atoms with Crippen molar-refractivity contribution in [1.82, 2.24) is 0 Å². The molecular formula is C40H74NO9P. The summed E-state index contributed by atoms with van der Waals surface area (Å²) in [5.74, 6) is -0.803. The van der Waals surface area contributed by atoms with Crippen LogP contribution in [0.2, 0.25) is 0 Å². The first-order valence-electron chi connectivity index (χ1n) is 20.0. The van der Waals surface area contributed by atoms with Gasteiger partial charge in [-0.15, -0.1) is 0 Å². The van der Waals surface area contributed by atoms with Crippen LogP contribution in [-0.2, 0) is 37.5 Å². The minimum Gasteiger partial charge on any atom is -0.756 e.